The van der Waals surface area contributed by atoms with Crippen molar-refractivity contribution in [2.75, 3.05) is 19.8 Å². The van der Waals surface area contributed by atoms with E-state index in [1.54, 1.807) is 0 Å². The normalized spacial score (nSPS) is 23.7. The highest BCUT2D eigenvalue weighted by Gasteiger charge is 2.35. The Hall–Kier alpha value is 0.110. The highest BCUT2D eigenvalue weighted by molar-refractivity contribution is 7.54. The van der Waals surface area contributed by atoms with Crippen LogP contribution in [0.1, 0.15) is 39.5 Å². The fourth-order valence-electron chi connectivity index (χ4n) is 1.86. The van der Waals surface area contributed by atoms with E-state index in [9.17, 15) is 4.57 Å². The summed E-state index contributed by atoms with van der Waals surface area (Å²) in [6.07, 6.45) is 4.33. The van der Waals surface area contributed by atoms with E-state index in [1.165, 1.54) is 6.42 Å². The van der Waals surface area contributed by atoms with Gasteiger partial charge in [0.25, 0.3) is 0 Å². The van der Waals surface area contributed by atoms with Crippen molar-refractivity contribution >= 4 is 7.60 Å². The number of hydrogen-bond acceptors (Lipinski definition) is 4. The second kappa shape index (κ2) is 6.64. The lowest BCUT2D eigenvalue weighted by atomic mass is 10.2. The van der Waals surface area contributed by atoms with Crippen molar-refractivity contribution in [2.45, 2.75) is 45.3 Å². The molecule has 1 N–H and O–H groups in total. The molecule has 0 spiro atoms. The first-order chi connectivity index (χ1) is 7.23. The zero-order valence-corrected chi connectivity index (χ0v) is 10.6. The van der Waals surface area contributed by atoms with Crippen LogP contribution in [0.2, 0.25) is 0 Å². The van der Waals surface area contributed by atoms with Gasteiger partial charge in [0.15, 0.2) is 0 Å². The number of hydrogen-bond donors (Lipinski definition) is 1. The minimum Gasteiger partial charge on any atom is -0.308 e. The second-order valence-corrected chi connectivity index (χ2v) is 5.91. The summed E-state index contributed by atoms with van der Waals surface area (Å²) in [7, 11) is -2.93. The first-order valence-corrected chi connectivity index (χ1v) is 7.46. The lowest BCUT2D eigenvalue weighted by Gasteiger charge is -2.25. The lowest BCUT2D eigenvalue weighted by Crippen LogP contribution is -2.29. The van der Waals surface area contributed by atoms with Gasteiger partial charge in [-0.2, -0.15) is 0 Å². The third-order valence-electron chi connectivity index (χ3n) is 2.53. The van der Waals surface area contributed by atoms with Crippen molar-refractivity contribution in [1.82, 2.24) is 5.32 Å². The lowest BCUT2D eigenvalue weighted by molar-refractivity contribution is 0.206. The Labute approximate surface area is 92.3 Å². The second-order valence-electron chi connectivity index (χ2n) is 3.69. The summed E-state index contributed by atoms with van der Waals surface area (Å²) < 4.78 is 23.1. The SMILES string of the molecule is CCOP(=O)(OCC)C1CCCCCN1. The van der Waals surface area contributed by atoms with E-state index in [0.29, 0.717) is 13.2 Å². The molecule has 90 valence electrons. The van der Waals surface area contributed by atoms with Crippen LogP contribution in [-0.4, -0.2) is 25.5 Å². The van der Waals surface area contributed by atoms with Crippen LogP contribution in [0.4, 0.5) is 0 Å². The Balaban J connectivity index is 2.63. The summed E-state index contributed by atoms with van der Waals surface area (Å²) in [5.41, 5.74) is 0. The van der Waals surface area contributed by atoms with Gasteiger partial charge in [0.2, 0.25) is 0 Å². The van der Waals surface area contributed by atoms with Gasteiger partial charge in [-0.25, -0.2) is 0 Å². The summed E-state index contributed by atoms with van der Waals surface area (Å²) in [6, 6.07) is 0. The molecule has 0 saturated carbocycles. The van der Waals surface area contributed by atoms with Crippen molar-refractivity contribution in [3.8, 4) is 0 Å². The van der Waals surface area contributed by atoms with E-state index in [-0.39, 0.29) is 5.78 Å². The summed E-state index contributed by atoms with van der Waals surface area (Å²) >= 11 is 0. The Kier molecular flexibility index (Phi) is 5.83. The predicted octanol–water partition coefficient (Wildman–Crippen LogP) is 2.74. The summed E-state index contributed by atoms with van der Waals surface area (Å²) in [5, 5.41) is 3.28. The number of nitrogens with one attached hydrogen (secondary N) is 1. The summed E-state index contributed by atoms with van der Waals surface area (Å²) in [6.45, 7) is 5.49. The predicted molar refractivity (Wildman–Crippen MR) is 61.1 cm³/mol. The molecular formula is C10H22NO3P. The van der Waals surface area contributed by atoms with Crippen molar-refractivity contribution in [3.05, 3.63) is 0 Å². The maximum atomic E-state index is 12.4. The van der Waals surface area contributed by atoms with E-state index in [0.717, 1.165) is 25.8 Å². The highest BCUT2D eigenvalue weighted by Crippen LogP contribution is 2.53. The third-order valence-corrected chi connectivity index (χ3v) is 4.97. The first-order valence-electron chi connectivity index (χ1n) is 5.85. The zero-order valence-electron chi connectivity index (χ0n) is 9.70. The first kappa shape index (κ1) is 13.2. The van der Waals surface area contributed by atoms with Gasteiger partial charge in [-0.15, -0.1) is 0 Å². The molecule has 0 radical (unpaired) electrons. The fourth-order valence-corrected chi connectivity index (χ4v) is 3.86. The standard InChI is InChI=1S/C10H22NO3P/c1-3-13-15(12,14-4-2)10-8-6-5-7-9-11-10/h10-11H,3-9H2,1-2H3. The molecule has 0 aromatic heterocycles. The van der Waals surface area contributed by atoms with Gasteiger partial charge in [-0.3, -0.25) is 4.57 Å². The zero-order chi connectivity index (χ0) is 11.1. The van der Waals surface area contributed by atoms with Gasteiger partial charge in [0, 0.05) is 0 Å². The average Bonchev–Trinajstić information content (AvgIpc) is 2.46. The molecule has 1 rings (SSSR count). The maximum absolute atomic E-state index is 12.4. The monoisotopic (exact) mass is 235 g/mol. The molecule has 0 aliphatic carbocycles. The van der Waals surface area contributed by atoms with Crippen LogP contribution in [0.15, 0.2) is 0 Å². The molecular weight excluding hydrogens is 213 g/mol. The van der Waals surface area contributed by atoms with Gasteiger partial charge in [-0.1, -0.05) is 12.8 Å². The molecule has 15 heavy (non-hydrogen) atoms. The van der Waals surface area contributed by atoms with Crippen LogP contribution in [0.5, 0.6) is 0 Å². The molecule has 1 heterocycles. The van der Waals surface area contributed by atoms with Gasteiger partial charge in [0.05, 0.1) is 13.2 Å². The molecule has 1 unspecified atom stereocenters. The van der Waals surface area contributed by atoms with Crippen molar-refractivity contribution < 1.29 is 13.6 Å². The Morgan fingerprint density at radius 2 is 1.87 bits per heavy atom. The molecule has 1 atom stereocenters. The Morgan fingerprint density at radius 1 is 1.20 bits per heavy atom. The van der Waals surface area contributed by atoms with E-state index in [2.05, 4.69) is 5.32 Å². The van der Waals surface area contributed by atoms with Crippen LogP contribution < -0.4 is 5.32 Å². The molecule has 0 amide bonds. The topological polar surface area (TPSA) is 47.6 Å². The van der Waals surface area contributed by atoms with Crippen LogP contribution in [0, 0.1) is 0 Å². The molecule has 0 bridgehead atoms. The number of rotatable bonds is 5. The smallest absolute Gasteiger partial charge is 0.308 e. The highest BCUT2D eigenvalue weighted by atomic mass is 31.2. The van der Waals surface area contributed by atoms with E-state index >= 15 is 0 Å². The molecule has 0 aromatic rings. The van der Waals surface area contributed by atoms with E-state index < -0.39 is 7.60 Å². The molecule has 1 saturated heterocycles. The van der Waals surface area contributed by atoms with Crippen molar-refractivity contribution in [1.29, 1.82) is 0 Å². The Morgan fingerprint density at radius 3 is 2.47 bits per heavy atom. The van der Waals surface area contributed by atoms with Crippen LogP contribution >= 0.6 is 7.60 Å². The van der Waals surface area contributed by atoms with Gasteiger partial charge in [-0.05, 0) is 33.2 Å². The van der Waals surface area contributed by atoms with Gasteiger partial charge in [0.1, 0.15) is 5.78 Å². The molecule has 1 aliphatic heterocycles. The maximum Gasteiger partial charge on any atom is 0.347 e. The third kappa shape index (κ3) is 3.87. The largest absolute Gasteiger partial charge is 0.347 e. The summed E-state index contributed by atoms with van der Waals surface area (Å²) in [4.78, 5) is 0. The van der Waals surface area contributed by atoms with E-state index in [4.69, 9.17) is 9.05 Å². The van der Waals surface area contributed by atoms with E-state index in [1.807, 2.05) is 13.8 Å². The molecule has 4 nitrogen and oxygen atoms in total. The summed E-state index contributed by atoms with van der Waals surface area (Å²) in [5.74, 6) is -0.111. The fraction of sp³-hybridized carbons (Fsp3) is 1.00. The average molecular weight is 235 g/mol. The van der Waals surface area contributed by atoms with Gasteiger partial charge >= 0.3 is 7.60 Å². The molecule has 5 heteroatoms. The quantitative estimate of drug-likeness (QED) is 0.744. The minimum absolute atomic E-state index is 0.111. The van der Waals surface area contributed by atoms with Crippen molar-refractivity contribution in [3.63, 3.8) is 0 Å². The Bertz CT molecular complexity index is 205. The molecule has 1 fully saturated rings. The molecule has 1 aliphatic rings. The molecule has 0 aromatic carbocycles. The van der Waals surface area contributed by atoms with Crippen LogP contribution in [0.3, 0.4) is 0 Å². The van der Waals surface area contributed by atoms with Crippen LogP contribution in [-0.2, 0) is 13.6 Å². The van der Waals surface area contributed by atoms with Crippen LogP contribution in [0.25, 0.3) is 0 Å². The van der Waals surface area contributed by atoms with Crippen molar-refractivity contribution in [2.24, 2.45) is 0 Å². The minimum atomic E-state index is -2.93. The van der Waals surface area contributed by atoms with Gasteiger partial charge < -0.3 is 14.4 Å².